The lowest BCUT2D eigenvalue weighted by molar-refractivity contribution is -0.121. The number of aromatic nitrogens is 1. The van der Waals surface area contributed by atoms with E-state index in [0.29, 0.717) is 31.7 Å². The van der Waals surface area contributed by atoms with Crippen LogP contribution < -0.4 is 5.32 Å². The average Bonchev–Trinajstić information content (AvgIpc) is 3.11. The minimum atomic E-state index is -0.211. The Balaban J connectivity index is 1.55. The quantitative estimate of drug-likeness (QED) is 0.901. The van der Waals surface area contributed by atoms with Crippen LogP contribution in [0.2, 0.25) is 0 Å². The molecule has 120 valence electrons. The molecule has 3 rings (SSSR count). The summed E-state index contributed by atoms with van der Waals surface area (Å²) in [5.74, 6) is -0.151. The summed E-state index contributed by atoms with van der Waals surface area (Å²) < 4.78 is 5.11. The van der Waals surface area contributed by atoms with Crippen molar-refractivity contribution in [2.75, 3.05) is 18.4 Å². The van der Waals surface area contributed by atoms with Gasteiger partial charge in [0.05, 0.1) is 6.26 Å². The maximum absolute atomic E-state index is 12.2. The fourth-order valence-electron chi connectivity index (χ4n) is 2.61. The predicted molar refractivity (Wildman–Crippen MR) is 81.9 cm³/mol. The summed E-state index contributed by atoms with van der Waals surface area (Å²) in [6.45, 7) is 0.984. The van der Waals surface area contributed by atoms with Crippen LogP contribution in [0.4, 0.5) is 5.82 Å². The van der Waals surface area contributed by atoms with Crippen LogP contribution in [0.5, 0.6) is 5.75 Å². The van der Waals surface area contributed by atoms with Crippen molar-refractivity contribution in [2.45, 2.75) is 12.8 Å². The van der Waals surface area contributed by atoms with E-state index in [4.69, 9.17) is 4.42 Å². The van der Waals surface area contributed by atoms with E-state index in [-0.39, 0.29) is 29.3 Å². The number of nitrogens with one attached hydrogen (secondary N) is 1. The molecule has 0 bridgehead atoms. The van der Waals surface area contributed by atoms with Crippen molar-refractivity contribution >= 4 is 17.6 Å². The molecule has 1 saturated heterocycles. The molecule has 23 heavy (non-hydrogen) atoms. The van der Waals surface area contributed by atoms with Crippen LogP contribution in [0.1, 0.15) is 23.4 Å². The van der Waals surface area contributed by atoms with Crippen LogP contribution in [0.15, 0.2) is 41.1 Å². The molecular formula is C16H17N3O4. The first-order chi connectivity index (χ1) is 11.1. The van der Waals surface area contributed by atoms with Crippen LogP contribution in [0, 0.1) is 5.92 Å². The first-order valence-corrected chi connectivity index (χ1v) is 7.43. The van der Waals surface area contributed by atoms with Gasteiger partial charge in [-0.2, -0.15) is 0 Å². The van der Waals surface area contributed by atoms with Gasteiger partial charge in [-0.3, -0.25) is 9.59 Å². The van der Waals surface area contributed by atoms with Gasteiger partial charge in [0, 0.05) is 25.2 Å². The Labute approximate surface area is 132 Å². The molecule has 0 saturated carbocycles. The van der Waals surface area contributed by atoms with E-state index in [1.807, 2.05) is 0 Å². The number of aromatic hydroxyl groups is 1. The summed E-state index contributed by atoms with van der Waals surface area (Å²) in [4.78, 5) is 30.0. The Morgan fingerprint density at radius 2 is 2.04 bits per heavy atom. The van der Waals surface area contributed by atoms with Crippen molar-refractivity contribution in [1.29, 1.82) is 0 Å². The number of anilines is 1. The van der Waals surface area contributed by atoms with Crippen molar-refractivity contribution in [3.05, 3.63) is 42.5 Å². The smallest absolute Gasteiger partial charge is 0.289 e. The molecule has 1 fully saturated rings. The third-order valence-electron chi connectivity index (χ3n) is 3.91. The van der Waals surface area contributed by atoms with Gasteiger partial charge < -0.3 is 19.7 Å². The van der Waals surface area contributed by atoms with E-state index in [9.17, 15) is 14.7 Å². The maximum atomic E-state index is 12.2. The number of furan rings is 1. The molecule has 0 unspecified atom stereocenters. The number of hydrogen-bond acceptors (Lipinski definition) is 5. The van der Waals surface area contributed by atoms with Crippen LogP contribution in [0.3, 0.4) is 0 Å². The maximum Gasteiger partial charge on any atom is 0.289 e. The number of carbonyl (C=O) groups excluding carboxylic acids is 2. The zero-order valence-electron chi connectivity index (χ0n) is 12.4. The van der Waals surface area contributed by atoms with Gasteiger partial charge in [0.25, 0.3) is 5.91 Å². The van der Waals surface area contributed by atoms with Crippen molar-refractivity contribution in [2.24, 2.45) is 5.92 Å². The van der Waals surface area contributed by atoms with E-state index in [1.165, 1.54) is 18.5 Å². The van der Waals surface area contributed by atoms with Crippen LogP contribution in [-0.4, -0.2) is 39.9 Å². The largest absolute Gasteiger partial charge is 0.504 e. The van der Waals surface area contributed by atoms with Crippen molar-refractivity contribution in [1.82, 2.24) is 9.88 Å². The minimum absolute atomic E-state index is 0.0636. The Morgan fingerprint density at radius 3 is 2.70 bits per heavy atom. The molecule has 1 aliphatic heterocycles. The monoisotopic (exact) mass is 315 g/mol. The number of likely N-dealkylation sites (tertiary alicyclic amines) is 1. The summed E-state index contributed by atoms with van der Waals surface area (Å²) >= 11 is 0. The molecule has 0 spiro atoms. The standard InChI is InChI=1S/C16H17N3O4/c20-12-3-1-7-17-14(12)18-15(21)11-5-8-19(9-6-11)16(22)13-4-2-10-23-13/h1-4,7,10-11,20H,5-6,8-9H2,(H,17,18,21). The molecule has 0 aromatic carbocycles. The molecule has 0 radical (unpaired) electrons. The first kappa shape index (κ1) is 15.1. The van der Waals surface area contributed by atoms with Gasteiger partial charge in [0.2, 0.25) is 5.91 Å². The fourth-order valence-corrected chi connectivity index (χ4v) is 2.61. The molecule has 0 atom stereocenters. The number of nitrogens with zero attached hydrogens (tertiary/aromatic N) is 2. The van der Waals surface area contributed by atoms with Crippen LogP contribution in [-0.2, 0) is 4.79 Å². The Bertz CT molecular complexity index is 691. The second-order valence-electron chi connectivity index (χ2n) is 5.40. The van der Waals surface area contributed by atoms with Crippen LogP contribution >= 0.6 is 0 Å². The Morgan fingerprint density at radius 1 is 1.26 bits per heavy atom. The predicted octanol–water partition coefficient (Wildman–Crippen LogP) is 1.87. The van der Waals surface area contributed by atoms with Gasteiger partial charge in [-0.25, -0.2) is 4.98 Å². The van der Waals surface area contributed by atoms with Crippen molar-refractivity contribution < 1.29 is 19.1 Å². The van der Waals surface area contributed by atoms with E-state index < -0.39 is 0 Å². The van der Waals surface area contributed by atoms with Crippen molar-refractivity contribution in [3.63, 3.8) is 0 Å². The number of amides is 2. The van der Waals surface area contributed by atoms with E-state index in [1.54, 1.807) is 23.1 Å². The van der Waals surface area contributed by atoms with Crippen molar-refractivity contribution in [3.8, 4) is 5.75 Å². The fraction of sp³-hybridized carbons (Fsp3) is 0.312. The zero-order chi connectivity index (χ0) is 16.2. The lowest BCUT2D eigenvalue weighted by Crippen LogP contribution is -2.41. The second-order valence-corrected chi connectivity index (χ2v) is 5.40. The Hall–Kier alpha value is -2.83. The number of piperidine rings is 1. The van der Waals surface area contributed by atoms with E-state index in [0.717, 1.165) is 0 Å². The highest BCUT2D eigenvalue weighted by Gasteiger charge is 2.29. The summed E-state index contributed by atoms with van der Waals surface area (Å²) in [7, 11) is 0. The highest BCUT2D eigenvalue weighted by atomic mass is 16.3. The number of rotatable bonds is 3. The molecule has 7 heteroatoms. The first-order valence-electron chi connectivity index (χ1n) is 7.43. The summed E-state index contributed by atoms with van der Waals surface area (Å²) in [6, 6.07) is 6.36. The van der Waals surface area contributed by atoms with Gasteiger partial charge in [0.15, 0.2) is 17.3 Å². The molecule has 2 amide bonds. The molecule has 3 heterocycles. The lowest BCUT2D eigenvalue weighted by atomic mass is 9.95. The molecule has 2 aromatic rings. The number of pyridine rings is 1. The van der Waals surface area contributed by atoms with Crippen LogP contribution in [0.25, 0.3) is 0 Å². The van der Waals surface area contributed by atoms with E-state index in [2.05, 4.69) is 10.3 Å². The molecule has 1 aliphatic rings. The van der Waals surface area contributed by atoms with Gasteiger partial charge in [-0.05, 0) is 37.1 Å². The topological polar surface area (TPSA) is 95.7 Å². The van der Waals surface area contributed by atoms with Gasteiger partial charge in [-0.1, -0.05) is 0 Å². The molecular weight excluding hydrogens is 298 g/mol. The molecule has 2 aromatic heterocycles. The summed E-state index contributed by atoms with van der Waals surface area (Å²) in [5, 5.41) is 12.3. The third-order valence-corrected chi connectivity index (χ3v) is 3.91. The normalized spacial score (nSPS) is 15.4. The second kappa shape index (κ2) is 6.51. The SMILES string of the molecule is O=C(Nc1ncccc1O)C1CCN(C(=O)c2ccco2)CC1. The van der Waals surface area contributed by atoms with Gasteiger partial charge in [0.1, 0.15) is 0 Å². The third kappa shape index (κ3) is 3.33. The van der Waals surface area contributed by atoms with Gasteiger partial charge in [-0.15, -0.1) is 0 Å². The van der Waals surface area contributed by atoms with E-state index >= 15 is 0 Å². The molecule has 2 N–H and O–H groups in total. The highest BCUT2D eigenvalue weighted by molar-refractivity contribution is 5.94. The molecule has 7 nitrogen and oxygen atoms in total. The highest BCUT2D eigenvalue weighted by Crippen LogP contribution is 2.23. The summed E-state index contributed by atoms with van der Waals surface area (Å²) in [5.41, 5.74) is 0. The number of hydrogen-bond donors (Lipinski definition) is 2. The Kier molecular flexibility index (Phi) is 4.27. The molecule has 0 aliphatic carbocycles. The lowest BCUT2D eigenvalue weighted by Gasteiger charge is -2.30. The zero-order valence-corrected chi connectivity index (χ0v) is 12.4. The average molecular weight is 315 g/mol. The van der Waals surface area contributed by atoms with Gasteiger partial charge >= 0.3 is 0 Å². The minimum Gasteiger partial charge on any atom is -0.504 e. The number of carbonyl (C=O) groups is 2. The summed E-state index contributed by atoms with van der Waals surface area (Å²) in [6.07, 6.45) is 4.09.